The zero-order valence-corrected chi connectivity index (χ0v) is 7.59. The maximum Gasteiger partial charge on any atom is 0.314 e. The number of hydrogen-bond donors (Lipinski definition) is 0. The first-order valence-corrected chi connectivity index (χ1v) is 4.38. The van der Waals surface area contributed by atoms with Crippen molar-refractivity contribution in [2.75, 3.05) is 0 Å². The number of halogens is 2. The summed E-state index contributed by atoms with van der Waals surface area (Å²) < 4.78 is 28.9. The van der Waals surface area contributed by atoms with Crippen LogP contribution in [0.3, 0.4) is 0 Å². The Morgan fingerprint density at radius 1 is 1.43 bits per heavy atom. The van der Waals surface area contributed by atoms with E-state index in [2.05, 4.69) is 22.1 Å². The molecule has 0 atom stereocenters. The number of thiazole rings is 1. The summed E-state index contributed by atoms with van der Waals surface area (Å²) in [5.74, 6) is -0.633. The lowest BCUT2D eigenvalue weighted by Crippen LogP contribution is -1.81. The van der Waals surface area contributed by atoms with Gasteiger partial charge in [-0.15, -0.1) is 21.5 Å². The fourth-order valence-electron chi connectivity index (χ4n) is 0.831. The molecule has 2 aromatic rings. The molecule has 0 unspecified atom stereocenters. The van der Waals surface area contributed by atoms with Gasteiger partial charge in [-0.2, -0.15) is 8.78 Å². The normalized spacial score (nSPS) is 11.1. The summed E-state index contributed by atoms with van der Waals surface area (Å²) in [4.78, 5) is 4.38. The van der Waals surface area contributed by atoms with Crippen molar-refractivity contribution >= 4 is 11.3 Å². The SMILES string of the molecule is [CH2]c1ncc(-c2nnc(C(F)F)o2)s1. The third-order valence-electron chi connectivity index (χ3n) is 1.39. The van der Waals surface area contributed by atoms with Crippen molar-refractivity contribution in [1.82, 2.24) is 15.2 Å². The summed E-state index contributed by atoms with van der Waals surface area (Å²) in [5, 5.41) is 7.23. The Hall–Kier alpha value is -1.37. The minimum Gasteiger partial charge on any atom is -0.414 e. The number of hydrogen-bond acceptors (Lipinski definition) is 5. The molecule has 0 fully saturated rings. The molecule has 0 aromatic carbocycles. The molecule has 2 aromatic heterocycles. The Bertz CT molecular complexity index is 440. The molecule has 0 spiro atoms. The van der Waals surface area contributed by atoms with Gasteiger partial charge >= 0.3 is 6.43 Å². The van der Waals surface area contributed by atoms with Crippen molar-refractivity contribution in [1.29, 1.82) is 0 Å². The van der Waals surface area contributed by atoms with Crippen LogP contribution < -0.4 is 0 Å². The van der Waals surface area contributed by atoms with Gasteiger partial charge in [0, 0.05) is 6.92 Å². The molecular weight excluding hydrogens is 212 g/mol. The van der Waals surface area contributed by atoms with Crippen LogP contribution in [0.2, 0.25) is 0 Å². The molecular formula is C7H4F2N3OS. The topological polar surface area (TPSA) is 51.8 Å². The number of rotatable bonds is 2. The number of aromatic nitrogens is 3. The molecule has 0 aliphatic carbocycles. The fraction of sp³-hybridized carbons (Fsp3) is 0.143. The summed E-state index contributed by atoms with van der Waals surface area (Å²) in [6.45, 7) is 3.58. The molecule has 0 N–H and O–H groups in total. The van der Waals surface area contributed by atoms with Gasteiger partial charge in [0.25, 0.3) is 11.8 Å². The third-order valence-corrected chi connectivity index (χ3v) is 2.23. The van der Waals surface area contributed by atoms with Crippen molar-refractivity contribution in [3.05, 3.63) is 24.0 Å². The molecule has 0 amide bonds. The van der Waals surface area contributed by atoms with Gasteiger partial charge in [-0.3, -0.25) is 0 Å². The van der Waals surface area contributed by atoms with Crippen molar-refractivity contribution in [2.24, 2.45) is 0 Å². The minimum atomic E-state index is -2.75. The fourth-order valence-corrected chi connectivity index (χ4v) is 1.47. The molecule has 7 heteroatoms. The molecule has 0 aliphatic rings. The lowest BCUT2D eigenvalue weighted by molar-refractivity contribution is 0.116. The predicted molar refractivity (Wildman–Crippen MR) is 44.8 cm³/mol. The molecule has 0 saturated heterocycles. The highest BCUT2D eigenvalue weighted by atomic mass is 32.1. The highest BCUT2D eigenvalue weighted by Crippen LogP contribution is 2.26. The smallest absolute Gasteiger partial charge is 0.314 e. The first-order chi connectivity index (χ1) is 6.66. The van der Waals surface area contributed by atoms with Gasteiger partial charge < -0.3 is 4.42 Å². The second kappa shape index (κ2) is 3.41. The Kier molecular flexibility index (Phi) is 2.24. The molecule has 1 radical (unpaired) electrons. The van der Waals surface area contributed by atoms with Gasteiger partial charge in [0.15, 0.2) is 0 Å². The van der Waals surface area contributed by atoms with E-state index in [4.69, 9.17) is 4.42 Å². The van der Waals surface area contributed by atoms with Crippen LogP contribution in [0, 0.1) is 6.92 Å². The Labute approximate surface area is 81.6 Å². The van der Waals surface area contributed by atoms with Gasteiger partial charge in [0.05, 0.1) is 11.2 Å². The first kappa shape index (κ1) is 9.20. The van der Waals surface area contributed by atoms with E-state index in [1.165, 1.54) is 17.5 Å². The maximum absolute atomic E-state index is 12.1. The van der Waals surface area contributed by atoms with E-state index < -0.39 is 12.3 Å². The average Bonchev–Trinajstić information content (AvgIpc) is 2.70. The van der Waals surface area contributed by atoms with Gasteiger partial charge in [-0.25, -0.2) is 4.98 Å². The van der Waals surface area contributed by atoms with Crippen molar-refractivity contribution in [3.63, 3.8) is 0 Å². The van der Waals surface area contributed by atoms with E-state index in [1.54, 1.807) is 0 Å². The van der Waals surface area contributed by atoms with Crippen LogP contribution >= 0.6 is 11.3 Å². The Morgan fingerprint density at radius 2 is 2.21 bits per heavy atom. The summed E-state index contributed by atoms with van der Waals surface area (Å²) in [6, 6.07) is 0. The van der Waals surface area contributed by atoms with Crippen LogP contribution in [0.5, 0.6) is 0 Å². The quantitative estimate of drug-likeness (QED) is 0.772. The minimum absolute atomic E-state index is 0.0488. The average molecular weight is 216 g/mol. The summed E-state index contributed by atoms with van der Waals surface area (Å²) in [6.07, 6.45) is -1.29. The lowest BCUT2D eigenvalue weighted by atomic mass is 10.5. The molecule has 0 bridgehead atoms. The van der Waals surface area contributed by atoms with E-state index >= 15 is 0 Å². The van der Waals surface area contributed by atoms with E-state index in [0.717, 1.165) is 0 Å². The van der Waals surface area contributed by atoms with Crippen LogP contribution in [-0.4, -0.2) is 15.2 Å². The van der Waals surface area contributed by atoms with Crippen LogP contribution in [-0.2, 0) is 0 Å². The van der Waals surface area contributed by atoms with Gasteiger partial charge in [-0.05, 0) is 0 Å². The van der Waals surface area contributed by atoms with E-state index in [9.17, 15) is 8.78 Å². The Balaban J connectivity index is 2.33. The van der Waals surface area contributed by atoms with E-state index in [1.807, 2.05) is 0 Å². The molecule has 0 saturated carbocycles. The lowest BCUT2D eigenvalue weighted by Gasteiger charge is -1.87. The molecule has 14 heavy (non-hydrogen) atoms. The second-order valence-corrected chi connectivity index (χ2v) is 3.48. The molecule has 2 rings (SSSR count). The maximum atomic E-state index is 12.1. The van der Waals surface area contributed by atoms with Crippen molar-refractivity contribution in [3.8, 4) is 10.8 Å². The van der Waals surface area contributed by atoms with E-state index in [-0.39, 0.29) is 5.89 Å². The summed E-state index contributed by atoms with van der Waals surface area (Å²) in [5.41, 5.74) is 0. The first-order valence-electron chi connectivity index (χ1n) is 3.56. The van der Waals surface area contributed by atoms with Crippen molar-refractivity contribution in [2.45, 2.75) is 6.43 Å². The predicted octanol–water partition coefficient (Wildman–Crippen LogP) is 2.31. The molecule has 73 valence electrons. The number of nitrogens with zero attached hydrogens (tertiary/aromatic N) is 3. The monoisotopic (exact) mass is 216 g/mol. The second-order valence-electron chi connectivity index (χ2n) is 2.36. The van der Waals surface area contributed by atoms with Crippen LogP contribution in [0.15, 0.2) is 10.6 Å². The largest absolute Gasteiger partial charge is 0.414 e. The van der Waals surface area contributed by atoms with Crippen LogP contribution in [0.1, 0.15) is 17.3 Å². The molecule has 0 aliphatic heterocycles. The van der Waals surface area contributed by atoms with Gasteiger partial charge in [0.2, 0.25) is 0 Å². The van der Waals surface area contributed by atoms with Gasteiger partial charge in [-0.1, -0.05) is 0 Å². The highest BCUT2D eigenvalue weighted by Gasteiger charge is 2.17. The summed E-state index contributed by atoms with van der Waals surface area (Å²) >= 11 is 1.20. The zero-order chi connectivity index (χ0) is 10.1. The summed E-state index contributed by atoms with van der Waals surface area (Å²) in [7, 11) is 0. The third kappa shape index (κ3) is 1.63. The van der Waals surface area contributed by atoms with Crippen LogP contribution in [0.4, 0.5) is 8.78 Å². The standard InChI is InChI=1S/C7H4F2N3OS/c1-3-10-2-4(14-3)6-11-12-7(13-6)5(8)9/h2,5H,1H2. The zero-order valence-electron chi connectivity index (χ0n) is 6.78. The van der Waals surface area contributed by atoms with E-state index in [0.29, 0.717) is 9.88 Å². The Morgan fingerprint density at radius 3 is 2.71 bits per heavy atom. The van der Waals surface area contributed by atoms with Crippen LogP contribution in [0.25, 0.3) is 10.8 Å². The molecule has 2 heterocycles. The van der Waals surface area contributed by atoms with Crippen molar-refractivity contribution < 1.29 is 13.2 Å². The highest BCUT2D eigenvalue weighted by molar-refractivity contribution is 7.15. The number of alkyl halides is 2. The van der Waals surface area contributed by atoms with Gasteiger partial charge in [0.1, 0.15) is 4.88 Å². The molecule has 4 nitrogen and oxygen atoms in total.